The average Bonchev–Trinajstić information content (AvgIpc) is 2.70. The number of nitrogens with zero attached hydrogens (tertiary/aromatic N) is 2. The average molecular weight is 272 g/mol. The first-order chi connectivity index (χ1) is 9.50. The van der Waals surface area contributed by atoms with Crippen LogP contribution in [0.15, 0.2) is 18.2 Å². The molecule has 1 aromatic rings. The van der Waals surface area contributed by atoms with Crippen LogP contribution in [0, 0.1) is 12.3 Å². The molecule has 0 aliphatic carbocycles. The molecule has 1 unspecified atom stereocenters. The third-order valence-corrected chi connectivity index (χ3v) is 4.13. The molecule has 0 bridgehead atoms. The summed E-state index contributed by atoms with van der Waals surface area (Å²) in [6.07, 6.45) is 6.62. The van der Waals surface area contributed by atoms with Crippen molar-refractivity contribution in [3.05, 3.63) is 23.8 Å². The largest absolute Gasteiger partial charge is 0.497 e. The fourth-order valence-corrected chi connectivity index (χ4v) is 2.93. The Bertz CT molecular complexity index is 518. The van der Waals surface area contributed by atoms with Gasteiger partial charge in [-0.15, -0.1) is 6.42 Å². The summed E-state index contributed by atoms with van der Waals surface area (Å²) in [7, 11) is 5.95. The normalized spacial score (nSPS) is 20.9. The molecule has 0 amide bonds. The highest BCUT2D eigenvalue weighted by Gasteiger charge is 2.38. The fraction of sp³-hybridized carbons (Fsp3) is 0.529. The first kappa shape index (κ1) is 14.7. The minimum atomic E-state index is 0.130. The van der Waals surface area contributed by atoms with Gasteiger partial charge in [0.25, 0.3) is 0 Å². The molecule has 1 heterocycles. The van der Waals surface area contributed by atoms with Crippen LogP contribution in [0.25, 0.3) is 0 Å². The van der Waals surface area contributed by atoms with Crippen molar-refractivity contribution in [1.29, 1.82) is 0 Å². The Labute approximate surface area is 122 Å². The Kier molecular flexibility index (Phi) is 4.25. The van der Waals surface area contributed by atoms with E-state index in [1.807, 2.05) is 6.07 Å². The van der Waals surface area contributed by atoms with Crippen molar-refractivity contribution in [3.8, 4) is 18.1 Å². The van der Waals surface area contributed by atoms with Crippen LogP contribution in [0.5, 0.6) is 5.75 Å². The quantitative estimate of drug-likeness (QED) is 0.765. The van der Waals surface area contributed by atoms with E-state index < -0.39 is 0 Å². The first-order valence-corrected chi connectivity index (χ1v) is 7.02. The van der Waals surface area contributed by atoms with E-state index in [0.29, 0.717) is 6.54 Å². The molecule has 0 spiro atoms. The van der Waals surface area contributed by atoms with Crippen molar-refractivity contribution < 1.29 is 4.74 Å². The molecule has 3 heteroatoms. The van der Waals surface area contributed by atoms with Crippen LogP contribution in [0.1, 0.15) is 18.9 Å². The molecule has 20 heavy (non-hydrogen) atoms. The van der Waals surface area contributed by atoms with E-state index in [1.165, 1.54) is 11.3 Å². The number of hydrogen-bond acceptors (Lipinski definition) is 3. The number of fused-ring (bicyclic) bond motifs is 1. The number of ether oxygens (including phenoxy) is 1. The lowest BCUT2D eigenvalue weighted by Crippen LogP contribution is -2.34. The molecule has 0 fully saturated rings. The molecular formula is C17H24N2O. The van der Waals surface area contributed by atoms with Gasteiger partial charge in [0.05, 0.1) is 13.7 Å². The van der Waals surface area contributed by atoms with Crippen molar-refractivity contribution in [2.45, 2.75) is 18.8 Å². The van der Waals surface area contributed by atoms with Gasteiger partial charge in [0.1, 0.15) is 5.75 Å². The van der Waals surface area contributed by atoms with Crippen LogP contribution in [0.2, 0.25) is 0 Å². The van der Waals surface area contributed by atoms with Crippen molar-refractivity contribution >= 4 is 5.69 Å². The summed E-state index contributed by atoms with van der Waals surface area (Å²) in [5.74, 6) is 3.68. The molecule has 2 rings (SSSR count). The molecule has 0 N–H and O–H groups in total. The van der Waals surface area contributed by atoms with E-state index in [4.69, 9.17) is 11.2 Å². The van der Waals surface area contributed by atoms with Gasteiger partial charge in [-0.3, -0.25) is 0 Å². The number of hydrogen-bond donors (Lipinski definition) is 0. The number of benzene rings is 1. The second-order valence-electron chi connectivity index (χ2n) is 6.06. The standard InChI is InChI=1S/C17H24N2O/c1-6-10-19-13-17(2,9-11-18(3)4)15-12-14(20-5)7-8-16(15)19/h1,7-8,12H,9-11,13H2,2-5H3. The van der Waals surface area contributed by atoms with Gasteiger partial charge in [0.15, 0.2) is 0 Å². The van der Waals surface area contributed by atoms with Crippen molar-refractivity contribution in [3.63, 3.8) is 0 Å². The smallest absolute Gasteiger partial charge is 0.119 e. The fourth-order valence-electron chi connectivity index (χ4n) is 2.93. The first-order valence-electron chi connectivity index (χ1n) is 7.02. The summed E-state index contributed by atoms with van der Waals surface area (Å²) in [5.41, 5.74) is 2.74. The van der Waals surface area contributed by atoms with Crippen LogP contribution >= 0.6 is 0 Å². The summed E-state index contributed by atoms with van der Waals surface area (Å²) in [6, 6.07) is 6.31. The predicted molar refractivity (Wildman–Crippen MR) is 84.6 cm³/mol. The highest BCUT2D eigenvalue weighted by atomic mass is 16.5. The molecule has 1 aliphatic heterocycles. The van der Waals surface area contributed by atoms with Gasteiger partial charge in [-0.1, -0.05) is 12.8 Å². The topological polar surface area (TPSA) is 15.7 Å². The van der Waals surface area contributed by atoms with Crippen LogP contribution in [0.3, 0.4) is 0 Å². The molecular weight excluding hydrogens is 248 g/mol. The van der Waals surface area contributed by atoms with E-state index in [1.54, 1.807) is 7.11 Å². The maximum Gasteiger partial charge on any atom is 0.119 e. The number of anilines is 1. The van der Waals surface area contributed by atoms with E-state index >= 15 is 0 Å². The lowest BCUT2D eigenvalue weighted by molar-refractivity contribution is 0.337. The van der Waals surface area contributed by atoms with E-state index in [9.17, 15) is 0 Å². The SMILES string of the molecule is C#CCN1CC(C)(CCN(C)C)c2cc(OC)ccc21. The Hall–Kier alpha value is -1.66. The third-order valence-electron chi connectivity index (χ3n) is 4.13. The highest BCUT2D eigenvalue weighted by molar-refractivity contribution is 5.65. The monoisotopic (exact) mass is 272 g/mol. The van der Waals surface area contributed by atoms with Crippen molar-refractivity contribution in [1.82, 2.24) is 4.90 Å². The highest BCUT2D eigenvalue weighted by Crippen LogP contribution is 2.44. The van der Waals surface area contributed by atoms with Gasteiger partial charge in [-0.2, -0.15) is 0 Å². The zero-order chi connectivity index (χ0) is 14.8. The van der Waals surface area contributed by atoms with Gasteiger partial charge in [0, 0.05) is 17.6 Å². The van der Waals surface area contributed by atoms with E-state index in [-0.39, 0.29) is 5.41 Å². The lowest BCUT2D eigenvalue weighted by Gasteiger charge is -2.27. The Morgan fingerprint density at radius 2 is 2.20 bits per heavy atom. The maximum absolute atomic E-state index is 5.51. The second-order valence-corrected chi connectivity index (χ2v) is 6.06. The summed E-state index contributed by atoms with van der Waals surface area (Å²) in [5, 5.41) is 0. The second kappa shape index (κ2) is 5.76. The molecule has 3 nitrogen and oxygen atoms in total. The molecule has 0 radical (unpaired) electrons. The molecule has 1 aromatic carbocycles. The van der Waals surface area contributed by atoms with Gasteiger partial charge in [-0.05, 0) is 50.8 Å². The molecule has 0 aromatic heterocycles. The third kappa shape index (κ3) is 2.76. The van der Waals surface area contributed by atoms with Crippen molar-refractivity contribution in [2.24, 2.45) is 0 Å². The number of terminal acetylenes is 1. The summed E-state index contributed by atoms with van der Waals surface area (Å²) >= 11 is 0. The van der Waals surface area contributed by atoms with Gasteiger partial charge >= 0.3 is 0 Å². The van der Waals surface area contributed by atoms with E-state index in [0.717, 1.165) is 25.3 Å². The van der Waals surface area contributed by atoms with Crippen LogP contribution in [0.4, 0.5) is 5.69 Å². The minimum absolute atomic E-state index is 0.130. The zero-order valence-electron chi connectivity index (χ0n) is 12.9. The van der Waals surface area contributed by atoms with Gasteiger partial charge in [0.2, 0.25) is 0 Å². The predicted octanol–water partition coefficient (Wildman–Crippen LogP) is 2.36. The zero-order valence-corrected chi connectivity index (χ0v) is 12.9. The van der Waals surface area contributed by atoms with Gasteiger partial charge in [-0.25, -0.2) is 0 Å². The minimum Gasteiger partial charge on any atom is -0.497 e. The summed E-state index contributed by atoms with van der Waals surface area (Å²) < 4.78 is 5.38. The summed E-state index contributed by atoms with van der Waals surface area (Å²) in [6.45, 7) is 5.03. The lowest BCUT2D eigenvalue weighted by atomic mass is 9.81. The molecule has 108 valence electrons. The van der Waals surface area contributed by atoms with Crippen LogP contribution < -0.4 is 9.64 Å². The van der Waals surface area contributed by atoms with Crippen molar-refractivity contribution in [2.75, 3.05) is 45.7 Å². The molecule has 1 atom stereocenters. The molecule has 0 saturated carbocycles. The maximum atomic E-state index is 5.51. The molecule has 0 saturated heterocycles. The Morgan fingerprint density at radius 1 is 1.45 bits per heavy atom. The Morgan fingerprint density at radius 3 is 2.80 bits per heavy atom. The van der Waals surface area contributed by atoms with Crippen LogP contribution in [-0.4, -0.2) is 45.7 Å². The number of methoxy groups -OCH3 is 1. The molecule has 1 aliphatic rings. The van der Waals surface area contributed by atoms with Crippen LogP contribution in [-0.2, 0) is 5.41 Å². The van der Waals surface area contributed by atoms with E-state index in [2.05, 4.69) is 48.9 Å². The number of rotatable bonds is 5. The van der Waals surface area contributed by atoms with Gasteiger partial charge < -0.3 is 14.5 Å². The Balaban J connectivity index is 2.35. The summed E-state index contributed by atoms with van der Waals surface area (Å²) in [4.78, 5) is 4.53.